The fourth-order valence-electron chi connectivity index (χ4n) is 3.95. The van der Waals surface area contributed by atoms with E-state index in [1.807, 2.05) is 23.6 Å². The Labute approximate surface area is 174 Å². The lowest BCUT2D eigenvalue weighted by molar-refractivity contribution is 0.0959. The highest BCUT2D eigenvalue weighted by atomic mass is 19.1. The number of nitrogens with one attached hydrogen (secondary N) is 2. The van der Waals surface area contributed by atoms with Crippen molar-refractivity contribution in [2.75, 3.05) is 38.1 Å². The average Bonchev–Trinajstić information content (AvgIpc) is 3.13. The van der Waals surface area contributed by atoms with E-state index in [1.54, 1.807) is 6.07 Å². The lowest BCUT2D eigenvalue weighted by Gasteiger charge is -2.36. The van der Waals surface area contributed by atoms with Crippen LogP contribution in [0.15, 0.2) is 41.5 Å². The third-order valence-electron chi connectivity index (χ3n) is 5.68. The zero-order chi connectivity index (χ0) is 21.3. The van der Waals surface area contributed by atoms with Gasteiger partial charge in [0.05, 0.1) is 5.56 Å². The van der Waals surface area contributed by atoms with Crippen LogP contribution in [0.1, 0.15) is 28.4 Å². The van der Waals surface area contributed by atoms with Crippen LogP contribution in [0, 0.1) is 5.82 Å². The van der Waals surface area contributed by atoms with E-state index >= 15 is 0 Å². The van der Waals surface area contributed by atoms with E-state index in [0.717, 1.165) is 55.2 Å². The van der Waals surface area contributed by atoms with Gasteiger partial charge in [0.25, 0.3) is 11.5 Å². The number of aryl methyl sites for hydroxylation is 1. The van der Waals surface area contributed by atoms with Crippen molar-refractivity contribution in [2.45, 2.75) is 19.9 Å². The number of amides is 1. The topological polar surface area (TPSA) is 72.8 Å². The fraction of sp³-hybridized carbons (Fsp3) is 0.364. The summed E-state index contributed by atoms with van der Waals surface area (Å²) >= 11 is 0. The number of hydrogen-bond donors (Lipinski definition) is 2. The average molecular weight is 411 g/mol. The lowest BCUT2D eigenvalue weighted by atomic mass is 10.1. The van der Waals surface area contributed by atoms with Crippen molar-refractivity contribution >= 4 is 17.2 Å². The molecule has 0 atom stereocenters. The normalized spacial score (nSPS) is 15.0. The number of nitrogens with zero attached hydrogens (tertiary/aromatic N) is 3. The zero-order valence-electron chi connectivity index (χ0n) is 17.2. The minimum Gasteiger partial charge on any atom is -0.369 e. The number of halogens is 1. The van der Waals surface area contributed by atoms with Crippen LogP contribution in [0.4, 0.5) is 10.1 Å². The first-order valence-electron chi connectivity index (χ1n) is 10.2. The van der Waals surface area contributed by atoms with Crippen LogP contribution in [0.25, 0.3) is 5.65 Å². The Balaban J connectivity index is 1.40. The number of carbonyl (C=O) groups is 1. The van der Waals surface area contributed by atoms with Gasteiger partial charge in [-0.15, -0.1) is 0 Å². The van der Waals surface area contributed by atoms with Crippen molar-refractivity contribution in [3.05, 3.63) is 69.5 Å². The second-order valence-corrected chi connectivity index (χ2v) is 7.61. The van der Waals surface area contributed by atoms with Crippen LogP contribution < -0.4 is 15.8 Å². The highest BCUT2D eigenvalue weighted by Crippen LogP contribution is 2.21. The van der Waals surface area contributed by atoms with Gasteiger partial charge in [-0.2, -0.15) is 0 Å². The molecule has 2 N–H and O–H groups in total. The van der Waals surface area contributed by atoms with Gasteiger partial charge in [-0.1, -0.05) is 6.92 Å². The summed E-state index contributed by atoms with van der Waals surface area (Å²) in [5.74, 6) is -0.925. The number of aromatic amines is 1. The molecule has 2 aromatic heterocycles. The molecule has 1 fully saturated rings. The molecule has 30 heavy (non-hydrogen) atoms. The Kier molecular flexibility index (Phi) is 5.59. The molecule has 0 bridgehead atoms. The summed E-state index contributed by atoms with van der Waals surface area (Å²) in [6.45, 7) is 6.02. The first kappa shape index (κ1) is 20.2. The summed E-state index contributed by atoms with van der Waals surface area (Å²) in [5, 5.41) is 2.45. The van der Waals surface area contributed by atoms with Gasteiger partial charge >= 0.3 is 0 Å². The van der Waals surface area contributed by atoms with Crippen molar-refractivity contribution in [3.8, 4) is 0 Å². The second-order valence-electron chi connectivity index (χ2n) is 7.61. The van der Waals surface area contributed by atoms with Gasteiger partial charge in [-0.25, -0.2) is 4.39 Å². The predicted molar refractivity (Wildman–Crippen MR) is 115 cm³/mol. The molecule has 8 heteroatoms. The second kappa shape index (κ2) is 8.31. The molecular weight excluding hydrogens is 385 g/mol. The van der Waals surface area contributed by atoms with Crippen LogP contribution in [0.5, 0.6) is 0 Å². The van der Waals surface area contributed by atoms with E-state index in [4.69, 9.17) is 0 Å². The summed E-state index contributed by atoms with van der Waals surface area (Å²) in [5.41, 5.74) is 3.54. The Morgan fingerprint density at radius 1 is 1.17 bits per heavy atom. The molecule has 3 heterocycles. The number of H-pyrrole nitrogens is 1. The maximum atomic E-state index is 14.3. The molecule has 158 valence electrons. The van der Waals surface area contributed by atoms with Gasteiger partial charge in [0.1, 0.15) is 11.5 Å². The maximum absolute atomic E-state index is 14.3. The number of anilines is 1. The van der Waals surface area contributed by atoms with Gasteiger partial charge in [-0.3, -0.25) is 14.5 Å². The standard InChI is InChI=1S/C22H26FN5O2/c1-3-16-14-28-13-15(10-20(28)25-21(16)29)12-26-6-8-27(9-7-26)17-4-5-18(19(23)11-17)22(30)24-2/h4-5,10-11,13-14H,3,6-9,12H2,1-2H3,(H,24,30)(H,25,29). The molecule has 0 spiro atoms. The van der Waals surface area contributed by atoms with Crippen LogP contribution >= 0.6 is 0 Å². The Morgan fingerprint density at radius 3 is 2.60 bits per heavy atom. The van der Waals surface area contributed by atoms with Gasteiger partial charge in [0.15, 0.2) is 0 Å². The number of carbonyl (C=O) groups excluding carboxylic acids is 1. The molecule has 0 aliphatic carbocycles. The van der Waals surface area contributed by atoms with E-state index in [0.29, 0.717) is 6.42 Å². The molecule has 3 aromatic rings. The molecular formula is C22H26FN5O2. The molecule has 0 unspecified atom stereocenters. The predicted octanol–water partition coefficient (Wildman–Crippen LogP) is 2.01. The van der Waals surface area contributed by atoms with Crippen LogP contribution in [0.2, 0.25) is 0 Å². The highest BCUT2D eigenvalue weighted by molar-refractivity contribution is 5.94. The van der Waals surface area contributed by atoms with Crippen molar-refractivity contribution in [1.82, 2.24) is 19.6 Å². The summed E-state index contributed by atoms with van der Waals surface area (Å²) in [7, 11) is 1.49. The molecule has 0 saturated carbocycles. The molecule has 1 saturated heterocycles. The van der Waals surface area contributed by atoms with E-state index in [-0.39, 0.29) is 11.1 Å². The van der Waals surface area contributed by atoms with Crippen molar-refractivity contribution in [3.63, 3.8) is 0 Å². The van der Waals surface area contributed by atoms with Crippen molar-refractivity contribution < 1.29 is 9.18 Å². The molecule has 1 aromatic carbocycles. The molecule has 4 rings (SSSR count). The monoisotopic (exact) mass is 411 g/mol. The molecule has 7 nitrogen and oxygen atoms in total. The lowest BCUT2D eigenvalue weighted by Crippen LogP contribution is -2.46. The Morgan fingerprint density at radius 2 is 1.93 bits per heavy atom. The van der Waals surface area contributed by atoms with Gasteiger partial charge in [-0.05, 0) is 36.2 Å². The minimum absolute atomic E-state index is 0.0297. The van der Waals surface area contributed by atoms with Gasteiger partial charge in [0.2, 0.25) is 0 Å². The Hall–Kier alpha value is -3.13. The van der Waals surface area contributed by atoms with Crippen LogP contribution in [-0.4, -0.2) is 53.4 Å². The van der Waals surface area contributed by atoms with E-state index in [1.165, 1.54) is 19.2 Å². The maximum Gasteiger partial charge on any atom is 0.254 e. The Bertz CT molecular complexity index is 1130. The zero-order valence-corrected chi connectivity index (χ0v) is 17.2. The summed E-state index contributed by atoms with van der Waals surface area (Å²) in [6.07, 6.45) is 4.65. The molecule has 1 aliphatic rings. The van der Waals surface area contributed by atoms with E-state index in [2.05, 4.69) is 26.3 Å². The summed E-state index contributed by atoms with van der Waals surface area (Å²) < 4.78 is 16.2. The third-order valence-corrected chi connectivity index (χ3v) is 5.68. The van der Waals surface area contributed by atoms with Crippen LogP contribution in [-0.2, 0) is 13.0 Å². The number of aromatic nitrogens is 2. The smallest absolute Gasteiger partial charge is 0.254 e. The number of hydrogen-bond acceptors (Lipinski definition) is 4. The summed E-state index contributed by atoms with van der Waals surface area (Å²) in [4.78, 5) is 31.1. The fourth-order valence-corrected chi connectivity index (χ4v) is 3.95. The first-order valence-corrected chi connectivity index (χ1v) is 10.2. The van der Waals surface area contributed by atoms with Crippen molar-refractivity contribution in [1.29, 1.82) is 0 Å². The number of benzene rings is 1. The van der Waals surface area contributed by atoms with Crippen molar-refractivity contribution in [2.24, 2.45) is 0 Å². The summed E-state index contributed by atoms with van der Waals surface area (Å²) in [6, 6.07) is 6.78. The highest BCUT2D eigenvalue weighted by Gasteiger charge is 2.20. The molecule has 1 aliphatic heterocycles. The first-order chi connectivity index (χ1) is 14.5. The molecule has 0 radical (unpaired) electrons. The minimum atomic E-state index is -0.504. The number of piperazine rings is 1. The van der Waals surface area contributed by atoms with Crippen LogP contribution in [0.3, 0.4) is 0 Å². The van der Waals surface area contributed by atoms with Gasteiger partial charge < -0.3 is 19.6 Å². The number of rotatable bonds is 5. The quantitative estimate of drug-likeness (QED) is 0.674. The van der Waals surface area contributed by atoms with E-state index in [9.17, 15) is 14.0 Å². The number of fused-ring (bicyclic) bond motifs is 1. The largest absolute Gasteiger partial charge is 0.369 e. The molecule has 1 amide bonds. The van der Waals surface area contributed by atoms with E-state index < -0.39 is 11.7 Å². The third kappa shape index (κ3) is 3.95. The SMILES string of the molecule is CCc1cn2cc(CN3CCN(c4ccc(C(=O)NC)c(F)c4)CC3)cc2[nH]c1=O. The van der Waals surface area contributed by atoms with Gasteiger partial charge in [0, 0.05) is 63.4 Å².